The first-order chi connectivity index (χ1) is 6.70. The highest BCUT2D eigenvalue weighted by molar-refractivity contribution is 7.80. The molecule has 0 amide bonds. The molecule has 2 heterocycles. The molecule has 1 aliphatic heterocycles. The minimum Gasteiger partial charge on any atom is -0.375 e. The number of thiocarbonyl (C=S) groups is 1. The van der Waals surface area contributed by atoms with Gasteiger partial charge in [0.1, 0.15) is 0 Å². The molecule has 0 fully saturated rings. The summed E-state index contributed by atoms with van der Waals surface area (Å²) in [5.41, 5.74) is 6.69. The van der Waals surface area contributed by atoms with E-state index in [1.165, 1.54) is 4.88 Å². The van der Waals surface area contributed by atoms with Crippen molar-refractivity contribution in [3.63, 3.8) is 0 Å². The van der Waals surface area contributed by atoms with Gasteiger partial charge in [-0.1, -0.05) is 0 Å². The largest absolute Gasteiger partial charge is 0.375 e. The van der Waals surface area contributed by atoms with Gasteiger partial charge in [-0.05, 0) is 19.1 Å². The molecule has 4 nitrogen and oxygen atoms in total. The smallest absolute Gasteiger partial charge is 0.180 e. The summed E-state index contributed by atoms with van der Waals surface area (Å²) in [5.74, 6) is 0. The minimum absolute atomic E-state index is 0.656. The van der Waals surface area contributed by atoms with E-state index in [1.807, 2.05) is 6.92 Å². The minimum atomic E-state index is 0.656. The zero-order chi connectivity index (χ0) is 10.1. The van der Waals surface area contributed by atoms with Crippen LogP contribution in [0.2, 0.25) is 0 Å². The molecule has 0 saturated carbocycles. The van der Waals surface area contributed by atoms with Gasteiger partial charge >= 0.3 is 0 Å². The summed E-state index contributed by atoms with van der Waals surface area (Å²) < 4.78 is 0. The number of aromatic nitrogens is 1. The maximum absolute atomic E-state index is 5.61. The Balaban J connectivity index is 2.05. The Morgan fingerprint density at radius 1 is 1.71 bits per heavy atom. The number of rotatable bonds is 1. The molecule has 3 N–H and O–H groups in total. The zero-order valence-electron chi connectivity index (χ0n) is 7.91. The lowest BCUT2D eigenvalue weighted by atomic mass is 10.4. The van der Waals surface area contributed by atoms with E-state index < -0.39 is 0 Å². The van der Waals surface area contributed by atoms with Crippen molar-refractivity contribution in [2.24, 2.45) is 0 Å². The predicted molar refractivity (Wildman–Crippen MR) is 62.0 cm³/mol. The Kier molecular flexibility index (Phi) is 2.56. The molecule has 0 saturated heterocycles. The second-order valence-corrected chi connectivity index (χ2v) is 4.62. The molecule has 0 unspecified atom stereocenters. The number of nitrogens with one attached hydrogen (secondary N) is 1. The Bertz CT molecular complexity index is 337. The molecule has 76 valence electrons. The standard InChI is InChI=1S/C8H12N4S2/c1-2-10-8(13)12-3-5-6(4-12)14-7(9)11-5/h2-4H2,1H3,(H2,9,11)(H,10,13). The van der Waals surface area contributed by atoms with E-state index in [9.17, 15) is 0 Å². The number of anilines is 1. The lowest BCUT2D eigenvalue weighted by Crippen LogP contribution is -2.36. The van der Waals surface area contributed by atoms with Crippen molar-refractivity contribution >= 4 is 33.8 Å². The van der Waals surface area contributed by atoms with Gasteiger partial charge in [0.2, 0.25) is 0 Å². The predicted octanol–water partition coefficient (Wildman–Crippen LogP) is 0.935. The van der Waals surface area contributed by atoms with Crippen LogP contribution in [0, 0.1) is 0 Å². The lowest BCUT2D eigenvalue weighted by molar-refractivity contribution is 0.438. The van der Waals surface area contributed by atoms with Crippen molar-refractivity contribution in [3.05, 3.63) is 10.6 Å². The van der Waals surface area contributed by atoms with Gasteiger partial charge < -0.3 is 16.0 Å². The fourth-order valence-corrected chi connectivity index (χ4v) is 2.60. The first kappa shape index (κ1) is 9.67. The summed E-state index contributed by atoms with van der Waals surface area (Å²) in [5, 5.41) is 4.59. The second kappa shape index (κ2) is 3.70. The van der Waals surface area contributed by atoms with Gasteiger partial charge in [-0.15, -0.1) is 11.3 Å². The van der Waals surface area contributed by atoms with E-state index >= 15 is 0 Å². The van der Waals surface area contributed by atoms with Gasteiger partial charge in [0, 0.05) is 6.54 Å². The van der Waals surface area contributed by atoms with Crippen molar-refractivity contribution in [2.75, 3.05) is 12.3 Å². The van der Waals surface area contributed by atoms with Crippen molar-refractivity contribution in [1.82, 2.24) is 15.2 Å². The van der Waals surface area contributed by atoms with E-state index in [2.05, 4.69) is 15.2 Å². The van der Waals surface area contributed by atoms with Gasteiger partial charge in [0.15, 0.2) is 10.2 Å². The van der Waals surface area contributed by atoms with Crippen LogP contribution < -0.4 is 11.1 Å². The average molecular weight is 228 g/mol. The number of fused-ring (bicyclic) bond motifs is 1. The topological polar surface area (TPSA) is 54.2 Å². The zero-order valence-corrected chi connectivity index (χ0v) is 9.54. The summed E-state index contributed by atoms with van der Waals surface area (Å²) in [6.07, 6.45) is 0. The Morgan fingerprint density at radius 3 is 3.14 bits per heavy atom. The number of hydrogen-bond donors (Lipinski definition) is 2. The van der Waals surface area contributed by atoms with Crippen LogP contribution in [0.25, 0.3) is 0 Å². The molecule has 0 aliphatic carbocycles. The van der Waals surface area contributed by atoms with Gasteiger partial charge in [-0.2, -0.15) is 0 Å². The van der Waals surface area contributed by atoms with Gasteiger partial charge in [-0.25, -0.2) is 4.98 Å². The van der Waals surface area contributed by atoms with Crippen LogP contribution in [-0.2, 0) is 13.1 Å². The molecule has 2 rings (SSSR count). The molecule has 0 atom stereocenters. The summed E-state index contributed by atoms with van der Waals surface area (Å²) in [6, 6.07) is 0. The van der Waals surface area contributed by atoms with Crippen LogP contribution in [0.4, 0.5) is 5.13 Å². The van der Waals surface area contributed by atoms with E-state index in [1.54, 1.807) is 11.3 Å². The second-order valence-electron chi connectivity index (χ2n) is 3.11. The third kappa shape index (κ3) is 1.67. The number of nitrogens with zero attached hydrogens (tertiary/aromatic N) is 2. The molecule has 1 aliphatic rings. The molecular weight excluding hydrogens is 216 g/mol. The number of thiazole rings is 1. The molecule has 0 radical (unpaired) electrons. The molecule has 14 heavy (non-hydrogen) atoms. The van der Waals surface area contributed by atoms with Gasteiger partial charge in [0.25, 0.3) is 0 Å². The van der Waals surface area contributed by atoms with E-state index in [0.29, 0.717) is 5.13 Å². The van der Waals surface area contributed by atoms with E-state index in [0.717, 1.165) is 30.4 Å². The van der Waals surface area contributed by atoms with Crippen LogP contribution in [0.1, 0.15) is 17.5 Å². The first-order valence-corrected chi connectivity index (χ1v) is 5.70. The Labute approximate surface area is 92.1 Å². The Hall–Kier alpha value is -0.880. The SMILES string of the molecule is CCNC(=S)N1Cc2nc(N)sc2C1. The Morgan fingerprint density at radius 2 is 2.50 bits per heavy atom. The number of nitrogen functional groups attached to an aromatic ring is 1. The quantitative estimate of drug-likeness (QED) is 0.701. The molecule has 0 aromatic carbocycles. The van der Waals surface area contributed by atoms with Crippen LogP contribution in [-0.4, -0.2) is 21.5 Å². The van der Waals surface area contributed by atoms with Crippen LogP contribution in [0.5, 0.6) is 0 Å². The van der Waals surface area contributed by atoms with E-state index in [4.69, 9.17) is 18.0 Å². The van der Waals surface area contributed by atoms with Crippen LogP contribution in [0.3, 0.4) is 0 Å². The average Bonchev–Trinajstić information content (AvgIpc) is 2.61. The van der Waals surface area contributed by atoms with Crippen LogP contribution >= 0.6 is 23.6 Å². The summed E-state index contributed by atoms with van der Waals surface area (Å²) in [7, 11) is 0. The fourth-order valence-electron chi connectivity index (χ4n) is 1.47. The normalized spacial score (nSPS) is 14.2. The summed E-state index contributed by atoms with van der Waals surface area (Å²) in [4.78, 5) is 7.59. The molecule has 6 heteroatoms. The van der Waals surface area contributed by atoms with Crippen molar-refractivity contribution in [3.8, 4) is 0 Å². The maximum atomic E-state index is 5.61. The van der Waals surface area contributed by atoms with Gasteiger partial charge in [-0.3, -0.25) is 0 Å². The lowest BCUT2D eigenvalue weighted by Gasteiger charge is -2.18. The highest BCUT2D eigenvalue weighted by Gasteiger charge is 2.24. The number of nitrogens with two attached hydrogens (primary N) is 1. The molecule has 0 bridgehead atoms. The molecule has 1 aromatic heterocycles. The van der Waals surface area contributed by atoms with Crippen molar-refractivity contribution < 1.29 is 0 Å². The summed E-state index contributed by atoms with van der Waals surface area (Å²) in [6.45, 7) is 4.53. The van der Waals surface area contributed by atoms with Crippen molar-refractivity contribution in [2.45, 2.75) is 20.0 Å². The van der Waals surface area contributed by atoms with Crippen LogP contribution in [0.15, 0.2) is 0 Å². The highest BCUT2D eigenvalue weighted by Crippen LogP contribution is 2.29. The third-order valence-electron chi connectivity index (χ3n) is 2.09. The maximum Gasteiger partial charge on any atom is 0.180 e. The van der Waals surface area contributed by atoms with E-state index in [-0.39, 0.29) is 0 Å². The molecular formula is C8H12N4S2. The number of hydrogen-bond acceptors (Lipinski definition) is 4. The molecule has 1 aromatic rings. The first-order valence-electron chi connectivity index (χ1n) is 4.47. The molecule has 0 spiro atoms. The third-order valence-corrected chi connectivity index (χ3v) is 3.40. The highest BCUT2D eigenvalue weighted by atomic mass is 32.1. The van der Waals surface area contributed by atoms with Gasteiger partial charge in [0.05, 0.1) is 23.7 Å². The van der Waals surface area contributed by atoms with Crippen molar-refractivity contribution in [1.29, 1.82) is 0 Å². The monoisotopic (exact) mass is 228 g/mol. The fraction of sp³-hybridized carbons (Fsp3) is 0.500. The summed E-state index contributed by atoms with van der Waals surface area (Å²) >= 11 is 6.77.